The van der Waals surface area contributed by atoms with Gasteiger partial charge in [-0.2, -0.15) is 0 Å². The number of carbonyl (C=O) groups is 2. The van der Waals surface area contributed by atoms with E-state index in [0.29, 0.717) is 12.2 Å². The highest BCUT2D eigenvalue weighted by molar-refractivity contribution is 6.07. The van der Waals surface area contributed by atoms with E-state index in [1.807, 2.05) is 40.7 Å². The lowest BCUT2D eigenvalue weighted by atomic mass is 9.50. The van der Waals surface area contributed by atoms with Gasteiger partial charge in [-0.3, -0.25) is 9.59 Å². The minimum absolute atomic E-state index is 0.0333. The number of rotatable bonds is 3. The molecule has 0 unspecified atom stereocenters. The molecule has 30 heavy (non-hydrogen) atoms. The molecule has 164 valence electrons. The topological polar surface area (TPSA) is 76.7 Å². The van der Waals surface area contributed by atoms with Crippen molar-refractivity contribution in [3.05, 3.63) is 35.3 Å². The van der Waals surface area contributed by atoms with Gasteiger partial charge in [-0.05, 0) is 81.4 Å². The highest BCUT2D eigenvalue weighted by atomic mass is 16.5. The first-order chi connectivity index (χ1) is 14.1. The Bertz CT molecular complexity index is 893. The zero-order valence-corrected chi connectivity index (χ0v) is 18.9. The molecule has 1 N–H and O–H groups in total. The van der Waals surface area contributed by atoms with Crippen molar-refractivity contribution in [1.29, 1.82) is 0 Å². The molecule has 0 aromatic carbocycles. The maximum Gasteiger partial charge on any atom is 0.191 e. The van der Waals surface area contributed by atoms with E-state index in [1.165, 1.54) is 6.08 Å². The third kappa shape index (κ3) is 2.67. The number of allylic oxidation sites excluding steroid dienone is 1. The first-order valence-corrected chi connectivity index (χ1v) is 11.2. The van der Waals surface area contributed by atoms with Crippen LogP contribution >= 0.6 is 0 Å². The molecule has 3 aliphatic rings. The number of aryl methyl sites for hydroxylation is 1. The van der Waals surface area contributed by atoms with Crippen LogP contribution in [0.1, 0.15) is 71.3 Å². The van der Waals surface area contributed by atoms with Crippen molar-refractivity contribution in [3.63, 3.8) is 0 Å². The molecule has 1 aromatic rings. The monoisotopic (exact) mass is 414 g/mol. The van der Waals surface area contributed by atoms with Crippen molar-refractivity contribution in [2.45, 2.75) is 78.1 Å². The molecular formula is C25H34O5. The Morgan fingerprint density at radius 1 is 1.23 bits per heavy atom. The van der Waals surface area contributed by atoms with E-state index < -0.39 is 23.2 Å². The van der Waals surface area contributed by atoms with Crippen LogP contribution < -0.4 is 0 Å². The molecule has 3 fully saturated rings. The van der Waals surface area contributed by atoms with Crippen molar-refractivity contribution in [2.75, 3.05) is 0 Å². The zero-order chi connectivity index (χ0) is 22.0. The smallest absolute Gasteiger partial charge is 0.191 e. The van der Waals surface area contributed by atoms with Crippen LogP contribution in [0.5, 0.6) is 0 Å². The molecule has 5 heteroatoms. The van der Waals surface area contributed by atoms with E-state index in [4.69, 9.17) is 9.15 Å². The lowest BCUT2D eigenvalue weighted by Crippen LogP contribution is -2.77. The highest BCUT2D eigenvalue weighted by Crippen LogP contribution is 2.61. The predicted molar refractivity (Wildman–Crippen MR) is 113 cm³/mol. The number of ketones is 2. The summed E-state index contributed by atoms with van der Waals surface area (Å²) in [5.41, 5.74) is -1.67. The number of fused-ring (bicyclic) bond motifs is 2. The van der Waals surface area contributed by atoms with Crippen LogP contribution in [0.25, 0.3) is 0 Å². The van der Waals surface area contributed by atoms with Crippen LogP contribution in [0.15, 0.2) is 28.4 Å². The summed E-state index contributed by atoms with van der Waals surface area (Å²) in [5, 5.41) is 12.1. The maximum absolute atomic E-state index is 13.9. The summed E-state index contributed by atoms with van der Waals surface area (Å²) in [6.45, 7) is 11.6. The number of hydrogen-bond acceptors (Lipinski definition) is 5. The summed E-state index contributed by atoms with van der Waals surface area (Å²) in [5.74, 6) is -0.510. The molecule has 0 bridgehead atoms. The van der Waals surface area contributed by atoms with Gasteiger partial charge >= 0.3 is 0 Å². The van der Waals surface area contributed by atoms with Gasteiger partial charge in [0.05, 0.1) is 6.26 Å². The Labute approximate surface area is 178 Å². The molecule has 0 radical (unpaired) electrons. The number of furan rings is 1. The van der Waals surface area contributed by atoms with Gasteiger partial charge in [0.15, 0.2) is 22.8 Å². The fourth-order valence-electron chi connectivity index (χ4n) is 6.62. The van der Waals surface area contributed by atoms with E-state index in [0.717, 1.165) is 24.0 Å². The number of aliphatic hydroxyl groups is 1. The van der Waals surface area contributed by atoms with Crippen LogP contribution in [-0.2, 0) is 14.3 Å². The SMILES string of the molecule is CC(C)=CC(=O)[C@]12O[C@@H](c3occc3C)C[C@H](C)[C@@]1(O)C(=O)[C@H]1[C@@H](CC[C@@H]1C)[C@@H]2C. The quantitative estimate of drug-likeness (QED) is 0.733. The second kappa shape index (κ2) is 7.16. The van der Waals surface area contributed by atoms with Crippen LogP contribution in [0, 0.1) is 36.5 Å². The summed E-state index contributed by atoms with van der Waals surface area (Å²) in [6, 6.07) is 1.87. The summed E-state index contributed by atoms with van der Waals surface area (Å²) in [4.78, 5) is 27.7. The molecule has 0 spiro atoms. The Morgan fingerprint density at radius 2 is 1.93 bits per heavy atom. The van der Waals surface area contributed by atoms with Crippen molar-refractivity contribution in [1.82, 2.24) is 0 Å². The van der Waals surface area contributed by atoms with Gasteiger partial charge in [-0.25, -0.2) is 0 Å². The Balaban J connectivity index is 1.92. The fraction of sp³-hybridized carbons (Fsp3) is 0.680. The normalized spacial score (nSPS) is 43.1. The first-order valence-electron chi connectivity index (χ1n) is 11.2. The van der Waals surface area contributed by atoms with Crippen LogP contribution in [0.4, 0.5) is 0 Å². The molecule has 1 saturated heterocycles. The van der Waals surface area contributed by atoms with E-state index in [9.17, 15) is 14.7 Å². The molecule has 4 rings (SSSR count). The molecule has 8 atom stereocenters. The van der Waals surface area contributed by atoms with Crippen molar-refractivity contribution < 1.29 is 23.8 Å². The highest BCUT2D eigenvalue weighted by Gasteiger charge is 2.74. The minimum Gasteiger partial charge on any atom is -0.466 e. The maximum atomic E-state index is 13.9. The second-order valence-electron chi connectivity index (χ2n) is 10.2. The van der Waals surface area contributed by atoms with Gasteiger partial charge in [-0.1, -0.05) is 26.3 Å². The second-order valence-corrected chi connectivity index (χ2v) is 10.2. The molecule has 2 aliphatic carbocycles. The van der Waals surface area contributed by atoms with Gasteiger partial charge in [0.2, 0.25) is 0 Å². The summed E-state index contributed by atoms with van der Waals surface area (Å²) in [6.07, 6.45) is 4.92. The van der Waals surface area contributed by atoms with E-state index >= 15 is 0 Å². The van der Waals surface area contributed by atoms with Crippen molar-refractivity contribution >= 4 is 11.6 Å². The van der Waals surface area contributed by atoms with Crippen LogP contribution in [0.2, 0.25) is 0 Å². The summed E-state index contributed by atoms with van der Waals surface area (Å²) in [7, 11) is 0. The predicted octanol–water partition coefficient (Wildman–Crippen LogP) is 4.57. The molecule has 1 aliphatic heterocycles. The summed E-state index contributed by atoms with van der Waals surface area (Å²) < 4.78 is 12.3. The van der Waals surface area contributed by atoms with E-state index in [-0.39, 0.29) is 35.2 Å². The zero-order valence-electron chi connectivity index (χ0n) is 18.9. The number of carbonyl (C=O) groups excluding carboxylic acids is 2. The van der Waals surface area contributed by atoms with Crippen LogP contribution in [0.3, 0.4) is 0 Å². The van der Waals surface area contributed by atoms with Crippen LogP contribution in [-0.4, -0.2) is 27.9 Å². The first kappa shape index (κ1) is 21.5. The average Bonchev–Trinajstić information content (AvgIpc) is 3.27. The number of Topliss-reactive ketones (excluding diaryl/α,β-unsaturated/α-hetero) is 1. The largest absolute Gasteiger partial charge is 0.466 e. The van der Waals surface area contributed by atoms with Gasteiger partial charge < -0.3 is 14.3 Å². The Hall–Kier alpha value is -1.72. The van der Waals surface area contributed by atoms with Gasteiger partial charge in [0, 0.05) is 5.92 Å². The summed E-state index contributed by atoms with van der Waals surface area (Å²) >= 11 is 0. The van der Waals surface area contributed by atoms with Gasteiger partial charge in [0.1, 0.15) is 11.9 Å². The van der Waals surface area contributed by atoms with E-state index in [1.54, 1.807) is 6.26 Å². The molecule has 0 amide bonds. The molecule has 2 saturated carbocycles. The molecule has 5 nitrogen and oxygen atoms in total. The minimum atomic E-state index is -1.84. The molecule has 1 aromatic heterocycles. The van der Waals surface area contributed by atoms with E-state index in [2.05, 4.69) is 6.92 Å². The molecule has 2 heterocycles. The van der Waals surface area contributed by atoms with Crippen molar-refractivity contribution in [2.24, 2.45) is 29.6 Å². The van der Waals surface area contributed by atoms with Crippen molar-refractivity contribution in [3.8, 4) is 0 Å². The Kier molecular flexibility index (Phi) is 5.14. The van der Waals surface area contributed by atoms with Gasteiger partial charge in [0.25, 0.3) is 0 Å². The Morgan fingerprint density at radius 3 is 2.53 bits per heavy atom. The lowest BCUT2D eigenvalue weighted by Gasteiger charge is -2.60. The average molecular weight is 415 g/mol. The fourth-order valence-corrected chi connectivity index (χ4v) is 6.62. The third-order valence-corrected chi connectivity index (χ3v) is 8.15. The lowest BCUT2D eigenvalue weighted by molar-refractivity contribution is -0.281. The number of hydrogen-bond donors (Lipinski definition) is 1. The standard InChI is InChI=1S/C25H34O5/c1-13(2)11-20(26)25-17(6)18-8-7-14(3)21(18)23(27)24(25,28)16(5)12-19(30-25)22-15(4)9-10-29-22/h9-11,14,16-19,21,28H,7-8,12H2,1-6H3/t14-,16-,17-,18-,19+,21+,24+,25-/m0/s1. The third-order valence-electron chi connectivity index (χ3n) is 8.15. The number of ether oxygens (including phenoxy) is 1. The molecular weight excluding hydrogens is 380 g/mol. The van der Waals surface area contributed by atoms with Gasteiger partial charge in [-0.15, -0.1) is 0 Å².